The van der Waals surface area contributed by atoms with Crippen LogP contribution >= 0.6 is 0 Å². The highest BCUT2D eigenvalue weighted by atomic mass is 16.1. The Morgan fingerprint density at radius 2 is 1.78 bits per heavy atom. The van der Waals surface area contributed by atoms with Gasteiger partial charge in [0.05, 0.1) is 5.56 Å². The predicted molar refractivity (Wildman–Crippen MR) is 142 cm³/mol. The number of rotatable bonds is 6. The van der Waals surface area contributed by atoms with Crippen molar-refractivity contribution in [1.29, 1.82) is 0 Å². The number of amides is 1. The topological polar surface area (TPSA) is 118 Å². The van der Waals surface area contributed by atoms with Gasteiger partial charge in [0, 0.05) is 56.7 Å². The van der Waals surface area contributed by atoms with Crippen LogP contribution < -0.4 is 21.3 Å². The van der Waals surface area contributed by atoms with Crippen molar-refractivity contribution in [3.05, 3.63) is 70.5 Å². The van der Waals surface area contributed by atoms with Crippen LogP contribution in [-0.2, 0) is 25.8 Å². The van der Waals surface area contributed by atoms with Crippen molar-refractivity contribution < 1.29 is 4.79 Å². The average molecular weight is 487 g/mol. The van der Waals surface area contributed by atoms with Crippen molar-refractivity contribution in [2.45, 2.75) is 38.8 Å². The minimum Gasteiger partial charge on any atom is -0.368 e. The van der Waals surface area contributed by atoms with Gasteiger partial charge in [-0.1, -0.05) is 18.2 Å². The first-order valence-corrected chi connectivity index (χ1v) is 12.6. The molecule has 9 nitrogen and oxygen atoms in total. The maximum Gasteiger partial charge on any atom is 0.250 e. The van der Waals surface area contributed by atoms with Gasteiger partial charge in [-0.05, 0) is 62.1 Å². The molecule has 1 fully saturated rings. The number of nitrogens with two attached hydrogens (primary N) is 2. The Balaban J connectivity index is 1.31. The third kappa shape index (κ3) is 5.26. The molecule has 0 radical (unpaired) electrons. The lowest BCUT2D eigenvalue weighted by molar-refractivity contribution is 0.1000. The monoisotopic (exact) mass is 486 g/mol. The Hall–Kier alpha value is -3.72. The molecule has 36 heavy (non-hydrogen) atoms. The summed E-state index contributed by atoms with van der Waals surface area (Å²) in [6.07, 6.45) is 4.18. The second-order valence-corrected chi connectivity index (χ2v) is 9.92. The van der Waals surface area contributed by atoms with E-state index in [1.54, 1.807) is 12.3 Å². The molecular weight excluding hydrogens is 452 g/mol. The third-order valence-corrected chi connectivity index (χ3v) is 7.28. The van der Waals surface area contributed by atoms with Crippen molar-refractivity contribution in [2.24, 2.45) is 5.73 Å². The van der Waals surface area contributed by atoms with Crippen LogP contribution in [0.4, 0.5) is 17.6 Å². The fourth-order valence-electron chi connectivity index (χ4n) is 5.03. The molecule has 2 aliphatic heterocycles. The Morgan fingerprint density at radius 1 is 1.00 bits per heavy atom. The van der Waals surface area contributed by atoms with E-state index in [-0.39, 0.29) is 0 Å². The Labute approximate surface area is 212 Å². The minimum atomic E-state index is -0.455. The average Bonchev–Trinajstić information content (AvgIpc) is 2.87. The van der Waals surface area contributed by atoms with Crippen LogP contribution in [0.5, 0.6) is 0 Å². The number of nitrogen functional groups attached to an aromatic ring is 1. The van der Waals surface area contributed by atoms with E-state index in [0.717, 1.165) is 69.3 Å². The first-order valence-electron chi connectivity index (χ1n) is 12.6. The molecule has 0 bridgehead atoms. The van der Waals surface area contributed by atoms with Gasteiger partial charge < -0.3 is 26.2 Å². The zero-order chi connectivity index (χ0) is 25.2. The van der Waals surface area contributed by atoms with Crippen LogP contribution in [0.1, 0.15) is 39.7 Å². The molecule has 1 aromatic carbocycles. The number of primary amides is 1. The summed E-state index contributed by atoms with van der Waals surface area (Å²) in [6.45, 7) is 6.93. The van der Waals surface area contributed by atoms with Crippen LogP contribution in [-0.4, -0.2) is 65.0 Å². The van der Waals surface area contributed by atoms with Crippen LogP contribution in [0.2, 0.25) is 0 Å². The summed E-state index contributed by atoms with van der Waals surface area (Å²) < 4.78 is 0. The van der Waals surface area contributed by atoms with E-state index in [9.17, 15) is 4.79 Å². The van der Waals surface area contributed by atoms with Crippen molar-refractivity contribution in [1.82, 2.24) is 19.9 Å². The van der Waals surface area contributed by atoms with Gasteiger partial charge in [0.15, 0.2) is 0 Å². The summed E-state index contributed by atoms with van der Waals surface area (Å²) in [7, 11) is 2.15. The van der Waals surface area contributed by atoms with E-state index in [1.807, 2.05) is 6.07 Å². The Bertz CT molecular complexity index is 1240. The smallest absolute Gasteiger partial charge is 0.250 e. The summed E-state index contributed by atoms with van der Waals surface area (Å²) in [6, 6.07) is 12.8. The number of carbonyl (C=O) groups is 1. The molecular formula is C27H34N8O. The fourth-order valence-corrected chi connectivity index (χ4v) is 5.03. The van der Waals surface area contributed by atoms with Crippen molar-refractivity contribution in [2.75, 3.05) is 48.8 Å². The molecule has 4 N–H and O–H groups in total. The summed E-state index contributed by atoms with van der Waals surface area (Å²) in [5.74, 6) is 1.66. The zero-order valence-corrected chi connectivity index (χ0v) is 21.0. The van der Waals surface area contributed by atoms with Crippen molar-refractivity contribution >= 4 is 23.5 Å². The second kappa shape index (κ2) is 10.1. The lowest BCUT2D eigenvalue weighted by Gasteiger charge is -2.37. The number of fused-ring (bicyclic) bond motifs is 1. The van der Waals surface area contributed by atoms with E-state index < -0.39 is 5.91 Å². The molecule has 1 amide bonds. The fraction of sp³-hybridized carbons (Fsp3) is 0.407. The molecule has 9 heteroatoms. The second-order valence-electron chi connectivity index (χ2n) is 9.92. The Kier molecular flexibility index (Phi) is 6.73. The molecule has 4 heterocycles. The van der Waals surface area contributed by atoms with Crippen LogP contribution in [0.15, 0.2) is 42.6 Å². The number of likely N-dealkylation sites (N-methyl/N-ethyl adjacent to an activating group) is 1. The van der Waals surface area contributed by atoms with E-state index in [4.69, 9.17) is 11.5 Å². The highest BCUT2D eigenvalue weighted by molar-refractivity contribution is 5.92. The lowest BCUT2D eigenvalue weighted by Crippen LogP contribution is -2.45. The largest absolute Gasteiger partial charge is 0.368 e. The number of aromatic nitrogens is 3. The number of hydrogen-bond acceptors (Lipinski definition) is 8. The quantitative estimate of drug-likeness (QED) is 0.544. The third-order valence-electron chi connectivity index (χ3n) is 7.28. The number of pyridine rings is 1. The van der Waals surface area contributed by atoms with Crippen LogP contribution in [0.3, 0.4) is 0 Å². The molecule has 188 valence electrons. The predicted octanol–water partition coefficient (Wildman–Crippen LogP) is 2.04. The molecule has 1 unspecified atom stereocenters. The number of benzene rings is 1. The SMILES string of the molecule is CC1Cc2ccc(CCc3ccc(C(N)=O)cn3)cc2CN1c1cc(N2CCN(C)CC2)nc(N)n1. The minimum absolute atomic E-state index is 0.311. The molecule has 2 aliphatic rings. The summed E-state index contributed by atoms with van der Waals surface area (Å²) >= 11 is 0. The Morgan fingerprint density at radius 3 is 2.50 bits per heavy atom. The van der Waals surface area contributed by atoms with Crippen molar-refractivity contribution in [3.8, 4) is 0 Å². The number of piperazine rings is 1. The number of hydrogen-bond donors (Lipinski definition) is 2. The van der Waals surface area contributed by atoms with Gasteiger partial charge in [-0.2, -0.15) is 9.97 Å². The van der Waals surface area contributed by atoms with Gasteiger partial charge in [0.1, 0.15) is 11.6 Å². The van der Waals surface area contributed by atoms with E-state index in [0.29, 0.717) is 17.6 Å². The van der Waals surface area contributed by atoms with Crippen LogP contribution in [0, 0.1) is 0 Å². The zero-order valence-electron chi connectivity index (χ0n) is 21.0. The summed E-state index contributed by atoms with van der Waals surface area (Å²) in [5.41, 5.74) is 16.8. The molecule has 1 atom stereocenters. The maximum atomic E-state index is 11.3. The highest BCUT2D eigenvalue weighted by Crippen LogP contribution is 2.30. The summed E-state index contributed by atoms with van der Waals surface area (Å²) in [4.78, 5) is 31.8. The first kappa shape index (κ1) is 24.0. The molecule has 0 aliphatic carbocycles. The van der Waals surface area contributed by atoms with Gasteiger partial charge in [-0.15, -0.1) is 0 Å². The maximum absolute atomic E-state index is 11.3. The van der Waals surface area contributed by atoms with Gasteiger partial charge in [0.25, 0.3) is 0 Å². The molecule has 2 aromatic heterocycles. The van der Waals surface area contributed by atoms with E-state index in [1.165, 1.54) is 16.7 Å². The highest BCUT2D eigenvalue weighted by Gasteiger charge is 2.26. The van der Waals surface area contributed by atoms with E-state index in [2.05, 4.69) is 67.9 Å². The van der Waals surface area contributed by atoms with Gasteiger partial charge in [-0.25, -0.2) is 0 Å². The van der Waals surface area contributed by atoms with E-state index >= 15 is 0 Å². The normalized spacial score (nSPS) is 18.2. The lowest BCUT2D eigenvalue weighted by atomic mass is 9.92. The number of aryl methyl sites for hydroxylation is 2. The number of anilines is 3. The number of nitrogens with zero attached hydrogens (tertiary/aromatic N) is 6. The molecule has 5 rings (SSSR count). The van der Waals surface area contributed by atoms with Gasteiger partial charge in [-0.3, -0.25) is 9.78 Å². The summed E-state index contributed by atoms with van der Waals surface area (Å²) in [5, 5.41) is 0. The van der Waals surface area contributed by atoms with Crippen LogP contribution in [0.25, 0.3) is 0 Å². The molecule has 0 spiro atoms. The van der Waals surface area contributed by atoms with Crippen molar-refractivity contribution in [3.63, 3.8) is 0 Å². The number of carbonyl (C=O) groups excluding carboxylic acids is 1. The van der Waals surface area contributed by atoms with Gasteiger partial charge >= 0.3 is 0 Å². The first-order chi connectivity index (χ1) is 17.4. The standard InChI is InChI=1S/C27H34N8O/c1-18-13-20-5-3-19(4-7-23-8-6-21(16-30-23)26(28)36)14-22(20)17-35(18)25-15-24(31-27(29)32-25)34-11-9-33(2)10-12-34/h3,5-6,8,14-16,18H,4,7,9-13,17H2,1-2H3,(H2,28,36)(H2,29,31,32). The molecule has 3 aromatic rings. The molecule has 0 saturated carbocycles. The van der Waals surface area contributed by atoms with Gasteiger partial charge in [0.2, 0.25) is 11.9 Å². The molecule has 1 saturated heterocycles.